The van der Waals surface area contributed by atoms with Crippen molar-refractivity contribution < 1.29 is 12.8 Å². The number of nitrogens with one attached hydrogen (secondary N) is 1. The average Bonchev–Trinajstić information content (AvgIpc) is 2.35. The fourth-order valence-electron chi connectivity index (χ4n) is 2.43. The van der Waals surface area contributed by atoms with Crippen molar-refractivity contribution >= 4 is 15.7 Å². The molecule has 0 aliphatic rings. The van der Waals surface area contributed by atoms with Gasteiger partial charge in [0.2, 0.25) is 10.0 Å². The smallest absolute Gasteiger partial charge is 0.241 e. The zero-order valence-electron chi connectivity index (χ0n) is 13.2. The number of rotatable bonds is 7. The topological polar surface area (TPSA) is 72.2 Å². The summed E-state index contributed by atoms with van der Waals surface area (Å²) in [6.45, 7) is 7.04. The first-order valence-corrected chi connectivity index (χ1v) is 8.76. The minimum absolute atomic E-state index is 0.0868. The van der Waals surface area contributed by atoms with Crippen LogP contribution in [0.25, 0.3) is 0 Å². The maximum atomic E-state index is 13.5. The highest BCUT2D eigenvalue weighted by Crippen LogP contribution is 2.27. The molecule has 1 aromatic rings. The van der Waals surface area contributed by atoms with E-state index in [-0.39, 0.29) is 22.2 Å². The number of benzene rings is 1. The summed E-state index contributed by atoms with van der Waals surface area (Å²) in [6, 6.07) is 1.00. The largest absolute Gasteiger partial charge is 0.396 e. The van der Waals surface area contributed by atoms with Crippen LogP contribution in [0.4, 0.5) is 10.1 Å². The van der Waals surface area contributed by atoms with Crippen LogP contribution in [0.3, 0.4) is 0 Å². The van der Waals surface area contributed by atoms with E-state index in [1.165, 1.54) is 13.0 Å². The van der Waals surface area contributed by atoms with Gasteiger partial charge < -0.3 is 5.73 Å². The van der Waals surface area contributed by atoms with Gasteiger partial charge in [0, 0.05) is 6.04 Å². The molecule has 1 unspecified atom stereocenters. The number of hydrogen-bond donors (Lipinski definition) is 2. The van der Waals surface area contributed by atoms with E-state index < -0.39 is 15.8 Å². The van der Waals surface area contributed by atoms with Crippen molar-refractivity contribution in [2.75, 3.05) is 5.73 Å². The summed E-state index contributed by atoms with van der Waals surface area (Å²) in [5.41, 5.74) is 6.13. The summed E-state index contributed by atoms with van der Waals surface area (Å²) in [5, 5.41) is 0. The zero-order chi connectivity index (χ0) is 16.2. The van der Waals surface area contributed by atoms with Crippen LogP contribution in [-0.4, -0.2) is 14.5 Å². The van der Waals surface area contributed by atoms with Crippen molar-refractivity contribution in [2.24, 2.45) is 0 Å². The Morgan fingerprint density at radius 2 is 1.95 bits per heavy atom. The fraction of sp³-hybridized carbons (Fsp3) is 0.600. The van der Waals surface area contributed by atoms with Crippen LogP contribution in [0.2, 0.25) is 0 Å². The van der Waals surface area contributed by atoms with Crippen molar-refractivity contribution in [2.45, 2.75) is 64.3 Å². The molecule has 0 radical (unpaired) electrons. The Kier molecular flexibility index (Phi) is 6.16. The summed E-state index contributed by atoms with van der Waals surface area (Å²) < 4.78 is 41.2. The van der Waals surface area contributed by atoms with Gasteiger partial charge in [0.25, 0.3) is 0 Å². The van der Waals surface area contributed by atoms with Gasteiger partial charge in [-0.3, -0.25) is 0 Å². The minimum atomic E-state index is -3.69. The first kappa shape index (κ1) is 17.9. The molecule has 0 aliphatic heterocycles. The van der Waals surface area contributed by atoms with Crippen LogP contribution in [0, 0.1) is 19.7 Å². The predicted octanol–water partition coefficient (Wildman–Crippen LogP) is 3.27. The van der Waals surface area contributed by atoms with Gasteiger partial charge in [0.1, 0.15) is 5.82 Å². The summed E-state index contributed by atoms with van der Waals surface area (Å²) in [6.07, 6.45) is 3.92. The maximum absolute atomic E-state index is 13.5. The number of aryl methyl sites for hydroxylation is 1. The maximum Gasteiger partial charge on any atom is 0.241 e. The third-order valence-corrected chi connectivity index (χ3v) is 5.45. The Morgan fingerprint density at radius 1 is 1.33 bits per heavy atom. The highest BCUT2D eigenvalue weighted by molar-refractivity contribution is 7.89. The van der Waals surface area contributed by atoms with Crippen LogP contribution >= 0.6 is 0 Å². The molecule has 0 amide bonds. The Hall–Kier alpha value is -1.14. The molecule has 1 rings (SSSR count). The third-order valence-electron chi connectivity index (χ3n) is 3.57. The second-order valence-electron chi connectivity index (χ2n) is 5.56. The highest BCUT2D eigenvalue weighted by atomic mass is 32.2. The Bertz CT molecular complexity index is 600. The molecule has 0 bridgehead atoms. The molecular weight excluding hydrogens is 291 g/mol. The van der Waals surface area contributed by atoms with E-state index in [2.05, 4.69) is 11.6 Å². The Labute approximate surface area is 127 Å². The molecule has 6 heteroatoms. The number of halogens is 1. The van der Waals surface area contributed by atoms with Crippen LogP contribution in [-0.2, 0) is 10.0 Å². The molecule has 0 saturated heterocycles. The Morgan fingerprint density at radius 3 is 2.52 bits per heavy atom. The first-order valence-electron chi connectivity index (χ1n) is 7.28. The Balaban J connectivity index is 3.01. The molecule has 1 aromatic carbocycles. The van der Waals surface area contributed by atoms with E-state index in [1.54, 1.807) is 6.92 Å². The molecule has 0 aromatic heterocycles. The van der Waals surface area contributed by atoms with E-state index in [4.69, 9.17) is 5.73 Å². The highest BCUT2D eigenvalue weighted by Gasteiger charge is 2.24. The van der Waals surface area contributed by atoms with Crippen LogP contribution in [0.5, 0.6) is 0 Å². The monoisotopic (exact) mass is 316 g/mol. The van der Waals surface area contributed by atoms with Gasteiger partial charge >= 0.3 is 0 Å². The molecule has 0 aliphatic carbocycles. The van der Waals surface area contributed by atoms with Gasteiger partial charge in [-0.05, 0) is 44.4 Å². The molecule has 0 spiro atoms. The standard InChI is InChI=1S/C15H25FN2O2S/c1-5-6-7-8-11(3)18-21(19,20)15-10(2)9-13(16)14(17)12(15)4/h9,11,18H,5-8,17H2,1-4H3. The predicted molar refractivity (Wildman–Crippen MR) is 84.2 cm³/mol. The van der Waals surface area contributed by atoms with E-state index in [9.17, 15) is 12.8 Å². The molecule has 0 saturated carbocycles. The van der Waals surface area contributed by atoms with Crippen molar-refractivity contribution in [3.63, 3.8) is 0 Å². The summed E-state index contributed by atoms with van der Waals surface area (Å²) in [7, 11) is -3.69. The van der Waals surface area contributed by atoms with E-state index >= 15 is 0 Å². The number of hydrogen-bond acceptors (Lipinski definition) is 3. The van der Waals surface area contributed by atoms with Crippen molar-refractivity contribution in [1.29, 1.82) is 0 Å². The lowest BCUT2D eigenvalue weighted by Gasteiger charge is -2.18. The van der Waals surface area contributed by atoms with Crippen LogP contribution in [0.15, 0.2) is 11.0 Å². The summed E-state index contributed by atoms with van der Waals surface area (Å²) in [4.78, 5) is 0.0868. The number of sulfonamides is 1. The van der Waals surface area contributed by atoms with E-state index in [0.717, 1.165) is 25.7 Å². The molecular formula is C15H25FN2O2S. The third kappa shape index (κ3) is 4.41. The summed E-state index contributed by atoms with van der Waals surface area (Å²) in [5.74, 6) is -0.583. The van der Waals surface area contributed by atoms with Crippen molar-refractivity contribution in [3.05, 3.63) is 23.0 Å². The van der Waals surface area contributed by atoms with E-state index in [0.29, 0.717) is 5.56 Å². The number of unbranched alkanes of at least 4 members (excludes halogenated alkanes) is 2. The van der Waals surface area contributed by atoms with Crippen molar-refractivity contribution in [1.82, 2.24) is 4.72 Å². The average molecular weight is 316 g/mol. The normalized spacial score (nSPS) is 13.4. The second-order valence-corrected chi connectivity index (χ2v) is 7.21. The van der Waals surface area contributed by atoms with Gasteiger partial charge in [-0.25, -0.2) is 17.5 Å². The zero-order valence-corrected chi connectivity index (χ0v) is 14.0. The lowest BCUT2D eigenvalue weighted by atomic mass is 10.1. The van der Waals surface area contributed by atoms with Gasteiger partial charge in [-0.15, -0.1) is 0 Å². The minimum Gasteiger partial charge on any atom is -0.396 e. The van der Waals surface area contributed by atoms with Gasteiger partial charge in [-0.1, -0.05) is 26.2 Å². The molecule has 0 heterocycles. The first-order chi connectivity index (χ1) is 9.70. The van der Waals surface area contributed by atoms with Gasteiger partial charge in [-0.2, -0.15) is 0 Å². The quantitative estimate of drug-likeness (QED) is 0.599. The number of nitrogen functional groups attached to an aromatic ring is 1. The summed E-state index contributed by atoms with van der Waals surface area (Å²) >= 11 is 0. The van der Waals surface area contributed by atoms with Crippen LogP contribution < -0.4 is 10.5 Å². The molecule has 0 fully saturated rings. The molecule has 4 nitrogen and oxygen atoms in total. The molecule has 21 heavy (non-hydrogen) atoms. The fourth-order valence-corrected chi connectivity index (χ4v) is 4.19. The van der Waals surface area contributed by atoms with Gasteiger partial charge in [0.15, 0.2) is 0 Å². The number of anilines is 1. The SMILES string of the molecule is CCCCCC(C)NS(=O)(=O)c1c(C)cc(F)c(N)c1C. The second kappa shape index (κ2) is 7.22. The van der Waals surface area contributed by atoms with Crippen LogP contribution in [0.1, 0.15) is 50.7 Å². The lowest BCUT2D eigenvalue weighted by Crippen LogP contribution is -2.33. The lowest BCUT2D eigenvalue weighted by molar-refractivity contribution is 0.526. The van der Waals surface area contributed by atoms with E-state index in [1.807, 2.05) is 6.92 Å². The van der Waals surface area contributed by atoms with Gasteiger partial charge in [0.05, 0.1) is 10.6 Å². The number of nitrogens with two attached hydrogens (primary N) is 1. The molecule has 1 atom stereocenters. The molecule has 3 N–H and O–H groups in total. The molecule has 120 valence electrons. The van der Waals surface area contributed by atoms with Crippen molar-refractivity contribution in [3.8, 4) is 0 Å².